The molecule has 0 bridgehead atoms. The number of amides is 1. The van der Waals surface area contributed by atoms with E-state index in [0.717, 1.165) is 0 Å². The SMILES string of the molecule is CCOC(=O)NNC(=S)Nc1cccc(F)c1. The second-order valence-electron chi connectivity index (χ2n) is 2.93. The summed E-state index contributed by atoms with van der Waals surface area (Å²) in [7, 11) is 0. The molecular formula is C10H12FN3O2S. The number of hydrogen-bond donors (Lipinski definition) is 3. The molecule has 1 aromatic carbocycles. The summed E-state index contributed by atoms with van der Waals surface area (Å²) in [6.07, 6.45) is -0.643. The van der Waals surface area contributed by atoms with Crippen molar-refractivity contribution in [3.05, 3.63) is 30.1 Å². The Hall–Kier alpha value is -1.89. The summed E-state index contributed by atoms with van der Waals surface area (Å²) in [6, 6.07) is 5.78. The summed E-state index contributed by atoms with van der Waals surface area (Å²) in [5.74, 6) is -0.379. The summed E-state index contributed by atoms with van der Waals surface area (Å²) >= 11 is 4.87. The second kappa shape index (κ2) is 6.64. The molecule has 1 aromatic rings. The van der Waals surface area contributed by atoms with Crippen molar-refractivity contribution < 1.29 is 13.9 Å². The van der Waals surface area contributed by atoms with E-state index >= 15 is 0 Å². The number of benzene rings is 1. The van der Waals surface area contributed by atoms with Crippen molar-refractivity contribution in [2.45, 2.75) is 6.92 Å². The molecule has 0 aliphatic rings. The summed E-state index contributed by atoms with van der Waals surface area (Å²) in [6.45, 7) is 1.94. The number of hydrogen-bond acceptors (Lipinski definition) is 3. The van der Waals surface area contributed by atoms with Crippen LogP contribution >= 0.6 is 12.2 Å². The Balaban J connectivity index is 2.37. The molecule has 0 spiro atoms. The normalized spacial score (nSPS) is 9.29. The Labute approximate surface area is 103 Å². The van der Waals surface area contributed by atoms with Gasteiger partial charge in [0.25, 0.3) is 0 Å². The van der Waals surface area contributed by atoms with Crippen molar-refractivity contribution in [3.8, 4) is 0 Å². The topological polar surface area (TPSA) is 62.4 Å². The first-order valence-electron chi connectivity index (χ1n) is 4.87. The van der Waals surface area contributed by atoms with Gasteiger partial charge in [-0.1, -0.05) is 6.07 Å². The van der Waals surface area contributed by atoms with Crippen molar-refractivity contribution in [2.24, 2.45) is 0 Å². The number of anilines is 1. The highest BCUT2D eigenvalue weighted by atomic mass is 32.1. The highest BCUT2D eigenvalue weighted by molar-refractivity contribution is 7.80. The van der Waals surface area contributed by atoms with Gasteiger partial charge >= 0.3 is 6.09 Å². The van der Waals surface area contributed by atoms with Crippen LogP contribution in [0.1, 0.15) is 6.92 Å². The van der Waals surface area contributed by atoms with E-state index in [4.69, 9.17) is 12.2 Å². The van der Waals surface area contributed by atoms with Crippen molar-refractivity contribution in [1.82, 2.24) is 10.9 Å². The van der Waals surface area contributed by atoms with Gasteiger partial charge in [-0.25, -0.2) is 14.6 Å². The smallest absolute Gasteiger partial charge is 0.425 e. The van der Waals surface area contributed by atoms with E-state index in [1.54, 1.807) is 19.1 Å². The highest BCUT2D eigenvalue weighted by Crippen LogP contribution is 2.08. The second-order valence-corrected chi connectivity index (χ2v) is 3.34. The Morgan fingerprint density at radius 3 is 2.88 bits per heavy atom. The molecule has 0 aliphatic carbocycles. The van der Waals surface area contributed by atoms with Gasteiger partial charge in [0, 0.05) is 5.69 Å². The Morgan fingerprint density at radius 2 is 2.24 bits per heavy atom. The number of rotatable bonds is 2. The third-order valence-electron chi connectivity index (χ3n) is 1.64. The maximum atomic E-state index is 12.8. The minimum absolute atomic E-state index is 0.128. The fourth-order valence-electron chi connectivity index (χ4n) is 1.00. The largest absolute Gasteiger partial charge is 0.449 e. The quantitative estimate of drug-likeness (QED) is 0.557. The number of thiocarbonyl (C=S) groups is 1. The molecule has 1 amide bonds. The van der Waals surface area contributed by atoms with Gasteiger partial charge in [0.15, 0.2) is 5.11 Å². The van der Waals surface area contributed by atoms with Gasteiger partial charge in [0.1, 0.15) is 5.82 Å². The minimum atomic E-state index is -0.643. The van der Waals surface area contributed by atoms with Crippen LogP contribution < -0.4 is 16.2 Å². The van der Waals surface area contributed by atoms with Gasteiger partial charge in [-0.15, -0.1) is 0 Å². The molecule has 0 aromatic heterocycles. The van der Waals surface area contributed by atoms with Gasteiger partial charge in [-0.3, -0.25) is 5.43 Å². The van der Waals surface area contributed by atoms with Gasteiger partial charge in [0.2, 0.25) is 0 Å². The molecule has 0 atom stereocenters. The number of nitrogens with one attached hydrogen (secondary N) is 3. The van der Waals surface area contributed by atoms with Crippen molar-refractivity contribution >= 4 is 29.1 Å². The standard InChI is InChI=1S/C10H12FN3O2S/c1-2-16-10(15)14-13-9(17)12-8-5-3-4-7(11)6-8/h3-6H,2H2,1H3,(H,14,15)(H2,12,13,17). The van der Waals surface area contributed by atoms with Crippen LogP contribution in [0.5, 0.6) is 0 Å². The van der Waals surface area contributed by atoms with Gasteiger partial charge < -0.3 is 10.1 Å². The molecule has 0 unspecified atom stereocenters. The monoisotopic (exact) mass is 257 g/mol. The Bertz CT molecular complexity index is 414. The van der Waals surface area contributed by atoms with Crippen molar-refractivity contribution in [3.63, 3.8) is 0 Å². The molecule has 0 aliphatic heterocycles. The Kier molecular flexibility index (Phi) is 5.15. The lowest BCUT2D eigenvalue weighted by molar-refractivity contribution is 0.150. The zero-order valence-corrected chi connectivity index (χ0v) is 9.94. The lowest BCUT2D eigenvalue weighted by atomic mass is 10.3. The fraction of sp³-hybridized carbons (Fsp3) is 0.200. The molecule has 1 rings (SSSR count). The summed E-state index contributed by atoms with van der Waals surface area (Å²) in [4.78, 5) is 10.9. The van der Waals surface area contributed by atoms with Crippen molar-refractivity contribution in [1.29, 1.82) is 0 Å². The van der Waals surface area contributed by atoms with Crippen LogP contribution in [0, 0.1) is 5.82 Å². The van der Waals surface area contributed by atoms with E-state index in [1.165, 1.54) is 12.1 Å². The Morgan fingerprint density at radius 1 is 1.47 bits per heavy atom. The van der Waals surface area contributed by atoms with E-state index in [2.05, 4.69) is 20.9 Å². The third kappa shape index (κ3) is 5.12. The number of carbonyl (C=O) groups excluding carboxylic acids is 1. The van der Waals surface area contributed by atoms with Gasteiger partial charge in [0.05, 0.1) is 6.61 Å². The molecule has 0 radical (unpaired) electrons. The maximum absolute atomic E-state index is 12.8. The molecule has 0 heterocycles. The van der Waals surface area contributed by atoms with Crippen LogP contribution in [0.3, 0.4) is 0 Å². The molecule has 7 heteroatoms. The molecule has 17 heavy (non-hydrogen) atoms. The molecule has 3 N–H and O–H groups in total. The van der Waals surface area contributed by atoms with E-state index in [1.807, 2.05) is 0 Å². The molecule has 0 saturated carbocycles. The molecular weight excluding hydrogens is 245 g/mol. The fourth-order valence-corrected chi connectivity index (χ4v) is 1.17. The maximum Gasteiger partial charge on any atom is 0.425 e. The van der Waals surface area contributed by atoms with Crippen LogP contribution in [-0.4, -0.2) is 17.8 Å². The van der Waals surface area contributed by atoms with Gasteiger partial charge in [-0.2, -0.15) is 0 Å². The first-order valence-corrected chi connectivity index (χ1v) is 5.28. The molecule has 5 nitrogen and oxygen atoms in total. The summed E-state index contributed by atoms with van der Waals surface area (Å²) in [5.41, 5.74) is 5.10. The molecule has 0 fully saturated rings. The van der Waals surface area contributed by atoms with E-state index in [9.17, 15) is 9.18 Å². The van der Waals surface area contributed by atoms with E-state index in [-0.39, 0.29) is 17.5 Å². The predicted octanol–water partition coefficient (Wildman–Crippen LogP) is 1.77. The lowest BCUT2D eigenvalue weighted by Crippen LogP contribution is -2.44. The average molecular weight is 257 g/mol. The summed E-state index contributed by atoms with van der Waals surface area (Å²) in [5, 5.41) is 2.82. The zero-order chi connectivity index (χ0) is 12.7. The number of carbonyl (C=O) groups is 1. The van der Waals surface area contributed by atoms with Crippen LogP contribution in [0.4, 0.5) is 14.9 Å². The first-order chi connectivity index (χ1) is 8.11. The zero-order valence-electron chi connectivity index (χ0n) is 9.12. The third-order valence-corrected chi connectivity index (χ3v) is 1.84. The lowest BCUT2D eigenvalue weighted by Gasteiger charge is -2.11. The average Bonchev–Trinajstić information content (AvgIpc) is 2.27. The number of ether oxygens (including phenoxy) is 1. The first kappa shape index (κ1) is 13.2. The van der Waals surface area contributed by atoms with E-state index < -0.39 is 6.09 Å². The van der Waals surface area contributed by atoms with Crippen LogP contribution in [-0.2, 0) is 4.74 Å². The number of halogens is 1. The van der Waals surface area contributed by atoms with E-state index in [0.29, 0.717) is 5.69 Å². The van der Waals surface area contributed by atoms with Crippen LogP contribution in [0.2, 0.25) is 0 Å². The summed E-state index contributed by atoms with van der Waals surface area (Å²) < 4.78 is 17.4. The number of hydrazine groups is 1. The predicted molar refractivity (Wildman–Crippen MR) is 65.9 cm³/mol. The minimum Gasteiger partial charge on any atom is -0.449 e. The van der Waals surface area contributed by atoms with Crippen molar-refractivity contribution in [2.75, 3.05) is 11.9 Å². The van der Waals surface area contributed by atoms with Crippen LogP contribution in [0.15, 0.2) is 24.3 Å². The van der Waals surface area contributed by atoms with Gasteiger partial charge in [-0.05, 0) is 37.3 Å². The highest BCUT2D eigenvalue weighted by Gasteiger charge is 2.01. The molecule has 0 saturated heterocycles. The molecule has 92 valence electrons. The van der Waals surface area contributed by atoms with Crippen LogP contribution in [0.25, 0.3) is 0 Å².